The minimum Gasteiger partial charge on any atom is -0.340 e. The van der Waals surface area contributed by atoms with Crippen LogP contribution >= 0.6 is 11.6 Å². The van der Waals surface area contributed by atoms with Gasteiger partial charge in [0.1, 0.15) is 0 Å². The highest BCUT2D eigenvalue weighted by molar-refractivity contribution is 6.17. The SMILES string of the molecule is CC(C)N(CCCCl)C(=O)C1CC1c1ccccc1. The molecule has 0 saturated heterocycles. The van der Waals surface area contributed by atoms with Gasteiger partial charge in [0.25, 0.3) is 0 Å². The minimum absolute atomic E-state index is 0.181. The second kappa shape index (κ2) is 6.42. The highest BCUT2D eigenvalue weighted by Crippen LogP contribution is 2.48. The lowest BCUT2D eigenvalue weighted by molar-refractivity contribution is -0.134. The summed E-state index contributed by atoms with van der Waals surface area (Å²) in [5, 5.41) is 0. The molecule has 1 amide bonds. The first-order chi connectivity index (χ1) is 9.15. The zero-order valence-electron chi connectivity index (χ0n) is 11.7. The standard InChI is InChI=1S/C16H22ClNO/c1-12(2)18(10-6-9-17)16(19)15-11-14(15)13-7-4-3-5-8-13/h3-5,7-8,12,14-15H,6,9-11H2,1-2H3. The van der Waals surface area contributed by atoms with Crippen molar-refractivity contribution in [1.82, 2.24) is 4.90 Å². The second-order valence-electron chi connectivity index (χ2n) is 5.53. The van der Waals surface area contributed by atoms with Gasteiger partial charge in [-0.05, 0) is 38.2 Å². The van der Waals surface area contributed by atoms with Gasteiger partial charge in [-0.15, -0.1) is 11.6 Å². The predicted octanol–water partition coefficient (Wildman–Crippen LogP) is 3.66. The molecule has 2 atom stereocenters. The quantitative estimate of drug-likeness (QED) is 0.728. The maximum absolute atomic E-state index is 12.5. The molecule has 0 aliphatic heterocycles. The number of alkyl halides is 1. The molecule has 2 rings (SSSR count). The smallest absolute Gasteiger partial charge is 0.226 e. The van der Waals surface area contributed by atoms with Crippen LogP contribution < -0.4 is 0 Å². The van der Waals surface area contributed by atoms with Gasteiger partial charge in [0.15, 0.2) is 0 Å². The molecule has 104 valence electrons. The fraction of sp³-hybridized carbons (Fsp3) is 0.562. The molecule has 3 heteroatoms. The molecule has 0 N–H and O–H groups in total. The Labute approximate surface area is 120 Å². The molecule has 2 unspecified atom stereocenters. The summed E-state index contributed by atoms with van der Waals surface area (Å²) in [5.74, 6) is 1.52. The number of hydrogen-bond acceptors (Lipinski definition) is 1. The van der Waals surface area contributed by atoms with E-state index < -0.39 is 0 Å². The number of benzene rings is 1. The van der Waals surface area contributed by atoms with E-state index in [1.165, 1.54) is 5.56 Å². The van der Waals surface area contributed by atoms with Crippen LogP contribution in [0.3, 0.4) is 0 Å². The van der Waals surface area contributed by atoms with Crippen LogP contribution in [0.15, 0.2) is 30.3 Å². The number of nitrogens with zero attached hydrogens (tertiary/aromatic N) is 1. The van der Waals surface area contributed by atoms with Crippen molar-refractivity contribution in [1.29, 1.82) is 0 Å². The first-order valence-electron chi connectivity index (χ1n) is 7.06. The highest BCUT2D eigenvalue weighted by atomic mass is 35.5. The van der Waals surface area contributed by atoms with Crippen molar-refractivity contribution >= 4 is 17.5 Å². The van der Waals surface area contributed by atoms with Crippen LogP contribution in [-0.2, 0) is 4.79 Å². The minimum atomic E-state index is 0.181. The molecule has 2 nitrogen and oxygen atoms in total. The van der Waals surface area contributed by atoms with Gasteiger partial charge in [0, 0.05) is 24.4 Å². The van der Waals surface area contributed by atoms with Crippen LogP contribution in [-0.4, -0.2) is 29.3 Å². The molecule has 0 bridgehead atoms. The Kier molecular flexibility index (Phi) is 4.87. The van der Waals surface area contributed by atoms with Crippen molar-refractivity contribution in [3.8, 4) is 0 Å². The summed E-state index contributed by atoms with van der Waals surface area (Å²) in [6, 6.07) is 10.6. The van der Waals surface area contributed by atoms with Crippen molar-refractivity contribution in [3.63, 3.8) is 0 Å². The Hall–Kier alpha value is -1.02. The summed E-state index contributed by atoms with van der Waals surface area (Å²) in [6.07, 6.45) is 1.86. The van der Waals surface area contributed by atoms with Gasteiger partial charge in [-0.25, -0.2) is 0 Å². The molecule has 0 aromatic heterocycles. The van der Waals surface area contributed by atoms with E-state index >= 15 is 0 Å². The summed E-state index contributed by atoms with van der Waals surface area (Å²) >= 11 is 5.74. The van der Waals surface area contributed by atoms with E-state index in [2.05, 4.69) is 26.0 Å². The Bertz CT molecular complexity index is 418. The Morgan fingerprint density at radius 3 is 2.63 bits per heavy atom. The summed E-state index contributed by atoms with van der Waals surface area (Å²) in [4.78, 5) is 14.5. The Morgan fingerprint density at radius 2 is 2.05 bits per heavy atom. The third-order valence-corrected chi connectivity index (χ3v) is 4.04. The van der Waals surface area contributed by atoms with Gasteiger partial charge in [0.05, 0.1) is 0 Å². The average Bonchev–Trinajstić information content (AvgIpc) is 3.20. The number of halogens is 1. The number of hydrogen-bond donors (Lipinski definition) is 0. The van der Waals surface area contributed by atoms with E-state index in [1.807, 2.05) is 23.1 Å². The van der Waals surface area contributed by atoms with Crippen LogP contribution in [0.5, 0.6) is 0 Å². The van der Waals surface area contributed by atoms with E-state index in [4.69, 9.17) is 11.6 Å². The number of rotatable bonds is 6. The zero-order valence-corrected chi connectivity index (χ0v) is 12.4. The Morgan fingerprint density at radius 1 is 1.37 bits per heavy atom. The van der Waals surface area contributed by atoms with E-state index in [9.17, 15) is 4.79 Å². The van der Waals surface area contributed by atoms with Gasteiger partial charge >= 0.3 is 0 Å². The van der Waals surface area contributed by atoms with Gasteiger partial charge in [-0.3, -0.25) is 4.79 Å². The maximum Gasteiger partial charge on any atom is 0.226 e. The van der Waals surface area contributed by atoms with Gasteiger partial charge in [0.2, 0.25) is 5.91 Å². The van der Waals surface area contributed by atoms with Crippen LogP contribution in [0, 0.1) is 5.92 Å². The van der Waals surface area contributed by atoms with Gasteiger partial charge < -0.3 is 4.90 Å². The van der Waals surface area contributed by atoms with Crippen molar-refractivity contribution < 1.29 is 4.79 Å². The first kappa shape index (κ1) is 14.4. The maximum atomic E-state index is 12.5. The van der Waals surface area contributed by atoms with Crippen molar-refractivity contribution in [2.75, 3.05) is 12.4 Å². The molecule has 1 aliphatic carbocycles. The fourth-order valence-corrected chi connectivity index (χ4v) is 2.72. The van der Waals surface area contributed by atoms with Gasteiger partial charge in [-0.2, -0.15) is 0 Å². The van der Waals surface area contributed by atoms with E-state index in [0.29, 0.717) is 17.7 Å². The number of amides is 1. The monoisotopic (exact) mass is 279 g/mol. The highest BCUT2D eigenvalue weighted by Gasteiger charge is 2.45. The summed E-state index contributed by atoms with van der Waals surface area (Å²) in [6.45, 7) is 4.93. The topological polar surface area (TPSA) is 20.3 Å². The molecule has 0 radical (unpaired) electrons. The molecule has 1 aromatic carbocycles. The fourth-order valence-electron chi connectivity index (χ4n) is 2.60. The molecular formula is C16H22ClNO. The molecule has 0 heterocycles. The molecule has 1 aliphatic rings. The van der Waals surface area contributed by atoms with Crippen LogP contribution in [0.4, 0.5) is 0 Å². The van der Waals surface area contributed by atoms with Crippen molar-refractivity contribution in [3.05, 3.63) is 35.9 Å². The third-order valence-electron chi connectivity index (χ3n) is 3.77. The third kappa shape index (κ3) is 3.50. The Balaban J connectivity index is 1.97. The van der Waals surface area contributed by atoms with Crippen molar-refractivity contribution in [2.45, 2.75) is 38.6 Å². The second-order valence-corrected chi connectivity index (χ2v) is 5.91. The van der Waals surface area contributed by atoms with Gasteiger partial charge in [-0.1, -0.05) is 30.3 Å². The largest absolute Gasteiger partial charge is 0.340 e. The summed E-state index contributed by atoms with van der Waals surface area (Å²) in [7, 11) is 0. The number of carbonyl (C=O) groups is 1. The molecule has 1 aromatic rings. The molecule has 1 saturated carbocycles. The average molecular weight is 280 g/mol. The molecular weight excluding hydrogens is 258 g/mol. The van der Waals surface area contributed by atoms with E-state index in [1.54, 1.807) is 0 Å². The molecule has 0 spiro atoms. The van der Waals surface area contributed by atoms with E-state index in [0.717, 1.165) is 19.4 Å². The van der Waals surface area contributed by atoms with Crippen LogP contribution in [0.2, 0.25) is 0 Å². The first-order valence-corrected chi connectivity index (χ1v) is 7.60. The van der Waals surface area contributed by atoms with Crippen LogP contribution in [0.1, 0.15) is 38.2 Å². The lowest BCUT2D eigenvalue weighted by Gasteiger charge is -2.27. The zero-order chi connectivity index (χ0) is 13.8. The molecule has 19 heavy (non-hydrogen) atoms. The van der Waals surface area contributed by atoms with Crippen LogP contribution in [0.25, 0.3) is 0 Å². The normalized spacial score (nSPS) is 21.5. The van der Waals surface area contributed by atoms with Crippen molar-refractivity contribution in [2.24, 2.45) is 5.92 Å². The summed E-state index contributed by atoms with van der Waals surface area (Å²) in [5.41, 5.74) is 1.29. The number of carbonyl (C=O) groups excluding carboxylic acids is 1. The summed E-state index contributed by atoms with van der Waals surface area (Å²) < 4.78 is 0. The predicted molar refractivity (Wildman–Crippen MR) is 79.5 cm³/mol. The lowest BCUT2D eigenvalue weighted by atomic mass is 10.1. The molecule has 1 fully saturated rings. The lowest BCUT2D eigenvalue weighted by Crippen LogP contribution is -2.39. The van der Waals surface area contributed by atoms with E-state index in [-0.39, 0.29) is 12.0 Å².